The number of aromatic nitrogens is 1. The van der Waals surface area contributed by atoms with Crippen molar-refractivity contribution < 1.29 is 14.0 Å². The lowest BCUT2D eigenvalue weighted by Gasteiger charge is -2.23. The van der Waals surface area contributed by atoms with E-state index in [1.807, 2.05) is 12.1 Å². The van der Waals surface area contributed by atoms with Crippen LogP contribution in [0.4, 0.5) is 4.39 Å². The van der Waals surface area contributed by atoms with Gasteiger partial charge in [-0.25, -0.2) is 4.39 Å². The van der Waals surface area contributed by atoms with Gasteiger partial charge in [-0.15, -0.1) is 0 Å². The lowest BCUT2D eigenvalue weighted by Crippen LogP contribution is -2.41. The van der Waals surface area contributed by atoms with Gasteiger partial charge in [-0.05, 0) is 37.1 Å². The third-order valence-corrected chi connectivity index (χ3v) is 5.44. The normalized spacial score (nSPS) is 14.1. The van der Waals surface area contributed by atoms with Crippen LogP contribution < -0.4 is 5.32 Å². The zero-order chi connectivity index (χ0) is 19.9. The molecule has 1 aliphatic carbocycles. The summed E-state index contributed by atoms with van der Waals surface area (Å²) < 4.78 is 14.9. The maximum Gasteiger partial charge on any atom is 0.242 e. The van der Waals surface area contributed by atoms with E-state index in [0.717, 1.165) is 25.7 Å². The quantitative estimate of drug-likeness (QED) is 0.701. The number of carbonyl (C=O) groups excluding carboxylic acids is 2. The number of nitrogens with zero attached hydrogens (tertiary/aromatic N) is 2. The third-order valence-electron chi connectivity index (χ3n) is 4.95. The standard InChI is InChI=1S/C21H23BrFN3O2/c22-17-9-8-16(19(23)11-17)13-26(14-18-7-3-4-10-24-18)20(27)12-25-21(28)15-5-1-2-6-15/h3-4,7-11,15H,1-2,5-6,12-14H2,(H,25,28). The van der Waals surface area contributed by atoms with Crippen molar-refractivity contribution in [2.45, 2.75) is 38.8 Å². The van der Waals surface area contributed by atoms with Gasteiger partial charge in [-0.3, -0.25) is 14.6 Å². The molecule has 1 aromatic carbocycles. The van der Waals surface area contributed by atoms with Crippen LogP contribution in [0.1, 0.15) is 36.9 Å². The zero-order valence-electron chi connectivity index (χ0n) is 15.5. The van der Waals surface area contributed by atoms with E-state index in [1.54, 1.807) is 24.4 Å². The smallest absolute Gasteiger partial charge is 0.242 e. The lowest BCUT2D eigenvalue weighted by atomic mass is 10.1. The van der Waals surface area contributed by atoms with Crippen LogP contribution >= 0.6 is 15.9 Å². The summed E-state index contributed by atoms with van der Waals surface area (Å²) in [5.41, 5.74) is 1.12. The molecule has 1 aliphatic rings. The highest BCUT2D eigenvalue weighted by molar-refractivity contribution is 9.10. The van der Waals surface area contributed by atoms with Crippen molar-refractivity contribution >= 4 is 27.7 Å². The van der Waals surface area contributed by atoms with Crippen molar-refractivity contribution in [3.05, 3.63) is 64.1 Å². The van der Waals surface area contributed by atoms with E-state index in [2.05, 4.69) is 26.2 Å². The average Bonchev–Trinajstić information content (AvgIpc) is 3.23. The van der Waals surface area contributed by atoms with Crippen LogP contribution in [0.15, 0.2) is 47.1 Å². The minimum absolute atomic E-state index is 0.000887. The predicted molar refractivity (Wildman–Crippen MR) is 108 cm³/mol. The third kappa shape index (κ3) is 5.61. The van der Waals surface area contributed by atoms with Crippen molar-refractivity contribution in [3.63, 3.8) is 0 Å². The summed E-state index contributed by atoms with van der Waals surface area (Å²) in [6.45, 7) is 0.253. The molecule has 0 unspecified atom stereocenters. The van der Waals surface area contributed by atoms with Gasteiger partial charge >= 0.3 is 0 Å². The molecular formula is C21H23BrFN3O2. The SMILES string of the molecule is O=C(NCC(=O)N(Cc1ccccn1)Cc1ccc(Br)cc1F)C1CCCC1. The first-order valence-corrected chi connectivity index (χ1v) is 10.2. The summed E-state index contributed by atoms with van der Waals surface area (Å²) in [6.07, 6.45) is 5.52. The number of benzene rings is 1. The van der Waals surface area contributed by atoms with Gasteiger partial charge in [-0.1, -0.05) is 40.9 Å². The Balaban J connectivity index is 1.69. The van der Waals surface area contributed by atoms with E-state index in [-0.39, 0.29) is 43.2 Å². The molecule has 0 saturated heterocycles. The van der Waals surface area contributed by atoms with Gasteiger partial charge in [0.2, 0.25) is 11.8 Å². The number of rotatable bonds is 7. The second kappa shape index (κ2) is 9.78. The molecule has 0 bridgehead atoms. The van der Waals surface area contributed by atoms with Crippen LogP contribution in [-0.4, -0.2) is 28.2 Å². The number of amides is 2. The number of nitrogens with one attached hydrogen (secondary N) is 1. The van der Waals surface area contributed by atoms with Gasteiger partial charge in [0.1, 0.15) is 5.82 Å². The van der Waals surface area contributed by atoms with E-state index in [9.17, 15) is 14.0 Å². The summed E-state index contributed by atoms with van der Waals surface area (Å²) in [4.78, 5) is 30.8. The number of carbonyl (C=O) groups is 2. The van der Waals surface area contributed by atoms with Crippen molar-refractivity contribution in [2.75, 3.05) is 6.54 Å². The summed E-state index contributed by atoms with van der Waals surface area (Å²) in [5.74, 6) is -0.720. The van der Waals surface area contributed by atoms with E-state index in [4.69, 9.17) is 0 Å². The van der Waals surface area contributed by atoms with Gasteiger partial charge in [0.15, 0.2) is 0 Å². The van der Waals surface area contributed by atoms with Crippen molar-refractivity contribution in [2.24, 2.45) is 5.92 Å². The summed E-state index contributed by atoms with van der Waals surface area (Å²) in [5, 5.41) is 2.75. The Labute approximate surface area is 172 Å². The molecular weight excluding hydrogens is 425 g/mol. The highest BCUT2D eigenvalue weighted by Crippen LogP contribution is 2.24. The fraction of sp³-hybridized carbons (Fsp3) is 0.381. The van der Waals surface area contributed by atoms with Gasteiger partial charge in [0.05, 0.1) is 18.8 Å². The minimum atomic E-state index is -0.386. The number of pyridine rings is 1. The predicted octanol–water partition coefficient (Wildman–Crippen LogP) is 3.82. The molecule has 148 valence electrons. The maximum absolute atomic E-state index is 14.3. The van der Waals surface area contributed by atoms with Crippen LogP contribution in [0.2, 0.25) is 0 Å². The summed E-state index contributed by atoms with van der Waals surface area (Å²) in [7, 11) is 0. The first-order valence-electron chi connectivity index (χ1n) is 9.42. The molecule has 1 aromatic heterocycles. The minimum Gasteiger partial charge on any atom is -0.347 e. The Kier molecular flexibility index (Phi) is 7.14. The molecule has 0 radical (unpaired) electrons. The van der Waals surface area contributed by atoms with Crippen LogP contribution in [0, 0.1) is 11.7 Å². The van der Waals surface area contributed by atoms with Crippen molar-refractivity contribution in [1.29, 1.82) is 0 Å². The Bertz CT molecular complexity index is 826. The number of hydrogen-bond donors (Lipinski definition) is 1. The van der Waals surface area contributed by atoms with Crippen molar-refractivity contribution in [3.8, 4) is 0 Å². The van der Waals surface area contributed by atoms with E-state index in [0.29, 0.717) is 15.7 Å². The monoisotopic (exact) mass is 447 g/mol. The van der Waals surface area contributed by atoms with Crippen LogP contribution in [0.3, 0.4) is 0 Å². The Morgan fingerprint density at radius 1 is 1.18 bits per heavy atom. The second-order valence-corrected chi connectivity index (χ2v) is 7.92. The molecule has 2 amide bonds. The zero-order valence-corrected chi connectivity index (χ0v) is 17.1. The average molecular weight is 448 g/mol. The largest absolute Gasteiger partial charge is 0.347 e. The maximum atomic E-state index is 14.3. The number of hydrogen-bond acceptors (Lipinski definition) is 3. The molecule has 3 rings (SSSR count). The van der Waals surface area contributed by atoms with E-state index < -0.39 is 0 Å². The highest BCUT2D eigenvalue weighted by Gasteiger charge is 2.24. The van der Waals surface area contributed by atoms with Crippen LogP contribution in [0.25, 0.3) is 0 Å². The van der Waals surface area contributed by atoms with Crippen LogP contribution in [-0.2, 0) is 22.7 Å². The first kappa shape index (κ1) is 20.5. The molecule has 0 atom stereocenters. The summed E-state index contributed by atoms with van der Waals surface area (Å²) >= 11 is 3.24. The molecule has 0 spiro atoms. The first-order chi connectivity index (χ1) is 13.5. The summed E-state index contributed by atoms with van der Waals surface area (Å²) in [6, 6.07) is 10.2. The number of halogens is 2. The molecule has 0 aliphatic heterocycles. The highest BCUT2D eigenvalue weighted by atomic mass is 79.9. The fourth-order valence-corrected chi connectivity index (χ4v) is 3.72. The van der Waals surface area contributed by atoms with Gasteiger partial charge in [0.25, 0.3) is 0 Å². The molecule has 1 heterocycles. The molecule has 7 heteroatoms. The van der Waals surface area contributed by atoms with Gasteiger partial charge in [0, 0.05) is 28.7 Å². The molecule has 28 heavy (non-hydrogen) atoms. The molecule has 1 N–H and O–H groups in total. The Hall–Kier alpha value is -2.28. The molecule has 1 saturated carbocycles. The Morgan fingerprint density at radius 2 is 1.96 bits per heavy atom. The van der Waals surface area contributed by atoms with Crippen molar-refractivity contribution in [1.82, 2.24) is 15.2 Å². The Morgan fingerprint density at radius 3 is 2.64 bits per heavy atom. The van der Waals surface area contributed by atoms with Gasteiger partial charge < -0.3 is 10.2 Å². The van der Waals surface area contributed by atoms with Gasteiger partial charge in [-0.2, -0.15) is 0 Å². The molecule has 2 aromatic rings. The molecule has 1 fully saturated rings. The van der Waals surface area contributed by atoms with E-state index >= 15 is 0 Å². The lowest BCUT2D eigenvalue weighted by molar-refractivity contribution is -0.134. The fourth-order valence-electron chi connectivity index (χ4n) is 3.38. The molecule has 5 nitrogen and oxygen atoms in total. The van der Waals surface area contributed by atoms with Crippen LogP contribution in [0.5, 0.6) is 0 Å². The topological polar surface area (TPSA) is 62.3 Å². The van der Waals surface area contributed by atoms with E-state index in [1.165, 1.54) is 11.0 Å². The second-order valence-electron chi connectivity index (χ2n) is 7.01.